The van der Waals surface area contributed by atoms with E-state index in [1.165, 1.54) is 24.3 Å². The second-order valence-corrected chi connectivity index (χ2v) is 5.82. The van der Waals surface area contributed by atoms with Crippen molar-refractivity contribution in [2.24, 2.45) is 5.92 Å². The van der Waals surface area contributed by atoms with Crippen LogP contribution in [0.1, 0.15) is 40.1 Å². The van der Waals surface area contributed by atoms with Crippen LogP contribution in [-0.4, -0.2) is 23.2 Å². The highest BCUT2D eigenvalue weighted by Crippen LogP contribution is 2.17. The third kappa shape index (κ3) is 4.25. The molecule has 124 valence electrons. The number of nitro benzene ring substituents is 1. The van der Waals surface area contributed by atoms with Gasteiger partial charge in [-0.1, -0.05) is 38.1 Å². The Morgan fingerprint density at radius 2 is 1.67 bits per heavy atom. The fraction of sp³-hybridized carbons (Fsp3) is 0.222. The molecule has 0 aliphatic rings. The normalized spacial score (nSPS) is 10.5. The van der Waals surface area contributed by atoms with E-state index in [0.717, 1.165) is 0 Å². The lowest BCUT2D eigenvalue weighted by molar-refractivity contribution is -0.384. The van der Waals surface area contributed by atoms with Crippen LogP contribution in [0.5, 0.6) is 0 Å². The Kier molecular flexibility index (Phi) is 5.42. The molecule has 1 amide bonds. The van der Waals surface area contributed by atoms with Crippen molar-refractivity contribution < 1.29 is 14.5 Å². The maximum Gasteiger partial charge on any atom is 0.270 e. The third-order valence-corrected chi connectivity index (χ3v) is 3.40. The van der Waals surface area contributed by atoms with Gasteiger partial charge in [0, 0.05) is 35.4 Å². The van der Waals surface area contributed by atoms with Gasteiger partial charge in [-0.15, -0.1) is 0 Å². The van der Waals surface area contributed by atoms with E-state index in [1.807, 2.05) is 13.8 Å². The van der Waals surface area contributed by atoms with Crippen molar-refractivity contribution >= 4 is 17.4 Å². The van der Waals surface area contributed by atoms with Gasteiger partial charge in [-0.2, -0.15) is 0 Å². The summed E-state index contributed by atoms with van der Waals surface area (Å²) >= 11 is 0. The van der Waals surface area contributed by atoms with Crippen LogP contribution in [0.15, 0.2) is 48.5 Å². The lowest BCUT2D eigenvalue weighted by atomic mass is 10.0. The van der Waals surface area contributed by atoms with Gasteiger partial charge in [-0.3, -0.25) is 19.7 Å². The fourth-order valence-corrected chi connectivity index (χ4v) is 2.10. The summed E-state index contributed by atoms with van der Waals surface area (Å²) in [5.74, 6) is -0.172. The number of carbonyl (C=O) groups is 2. The molecule has 0 radical (unpaired) electrons. The van der Waals surface area contributed by atoms with Crippen molar-refractivity contribution in [2.45, 2.75) is 13.8 Å². The van der Waals surface area contributed by atoms with Crippen LogP contribution >= 0.6 is 0 Å². The number of rotatable bonds is 6. The summed E-state index contributed by atoms with van der Waals surface area (Å²) in [5.41, 5.74) is 0.939. The molecule has 0 heterocycles. The van der Waals surface area contributed by atoms with Crippen molar-refractivity contribution in [3.05, 3.63) is 75.3 Å². The molecule has 6 heteroatoms. The van der Waals surface area contributed by atoms with E-state index < -0.39 is 4.92 Å². The number of ketones is 1. The van der Waals surface area contributed by atoms with Gasteiger partial charge in [0.15, 0.2) is 5.78 Å². The zero-order valence-corrected chi connectivity index (χ0v) is 13.5. The molecule has 2 aromatic rings. The molecule has 0 aliphatic carbocycles. The van der Waals surface area contributed by atoms with E-state index in [1.54, 1.807) is 24.3 Å². The van der Waals surface area contributed by atoms with E-state index in [0.29, 0.717) is 23.6 Å². The minimum Gasteiger partial charge on any atom is -0.352 e. The van der Waals surface area contributed by atoms with E-state index in [-0.39, 0.29) is 22.9 Å². The molecule has 0 atom stereocenters. The Balaban J connectivity index is 2.15. The van der Waals surface area contributed by atoms with E-state index in [4.69, 9.17) is 0 Å². The Morgan fingerprint density at radius 3 is 2.25 bits per heavy atom. The van der Waals surface area contributed by atoms with Crippen LogP contribution < -0.4 is 5.32 Å². The average molecular weight is 326 g/mol. The van der Waals surface area contributed by atoms with E-state index in [9.17, 15) is 19.7 Å². The summed E-state index contributed by atoms with van der Waals surface area (Å²) in [6.45, 7) is 4.58. The quantitative estimate of drug-likeness (QED) is 0.501. The first-order chi connectivity index (χ1) is 11.4. The predicted octanol–water partition coefficient (Wildman–Crippen LogP) is 3.21. The van der Waals surface area contributed by atoms with Gasteiger partial charge in [0.25, 0.3) is 11.6 Å². The smallest absolute Gasteiger partial charge is 0.270 e. The zero-order valence-electron chi connectivity index (χ0n) is 13.5. The molecule has 0 spiro atoms. The summed E-state index contributed by atoms with van der Waals surface area (Å²) in [6.07, 6.45) is 0. The fourth-order valence-electron chi connectivity index (χ4n) is 2.10. The summed E-state index contributed by atoms with van der Waals surface area (Å²) in [4.78, 5) is 34.6. The van der Waals surface area contributed by atoms with Gasteiger partial charge in [0.05, 0.1) is 4.92 Å². The van der Waals surface area contributed by atoms with Crippen LogP contribution in [0.4, 0.5) is 5.69 Å². The lowest BCUT2D eigenvalue weighted by Gasteiger charge is -2.08. The summed E-state index contributed by atoms with van der Waals surface area (Å²) in [7, 11) is 0. The minimum absolute atomic E-state index is 0.134. The maximum atomic E-state index is 12.4. The van der Waals surface area contributed by atoms with Crippen molar-refractivity contribution in [1.82, 2.24) is 5.32 Å². The molecule has 0 aromatic heterocycles. The van der Waals surface area contributed by atoms with Crippen molar-refractivity contribution in [2.75, 3.05) is 6.54 Å². The molecule has 0 bridgehead atoms. The highest BCUT2D eigenvalue weighted by atomic mass is 16.6. The molecule has 0 fully saturated rings. The number of hydrogen-bond acceptors (Lipinski definition) is 4. The van der Waals surface area contributed by atoms with Crippen molar-refractivity contribution in [1.29, 1.82) is 0 Å². The van der Waals surface area contributed by atoms with E-state index >= 15 is 0 Å². The number of benzene rings is 2. The average Bonchev–Trinajstić information content (AvgIpc) is 2.59. The highest BCUT2D eigenvalue weighted by Gasteiger charge is 2.14. The Bertz CT molecular complexity index is 767. The van der Waals surface area contributed by atoms with Crippen LogP contribution in [0.25, 0.3) is 0 Å². The molecular weight excluding hydrogens is 308 g/mol. The number of hydrogen-bond donors (Lipinski definition) is 1. The third-order valence-electron chi connectivity index (χ3n) is 3.40. The predicted molar refractivity (Wildman–Crippen MR) is 90.1 cm³/mol. The van der Waals surface area contributed by atoms with Crippen molar-refractivity contribution in [3.8, 4) is 0 Å². The molecular formula is C18H18N2O4. The first-order valence-corrected chi connectivity index (χ1v) is 7.56. The monoisotopic (exact) mass is 326 g/mol. The van der Waals surface area contributed by atoms with Crippen LogP contribution in [0, 0.1) is 16.0 Å². The van der Waals surface area contributed by atoms with Gasteiger partial charge in [-0.25, -0.2) is 0 Å². The molecule has 0 saturated carbocycles. The van der Waals surface area contributed by atoms with Gasteiger partial charge in [0.1, 0.15) is 0 Å². The second kappa shape index (κ2) is 7.50. The second-order valence-electron chi connectivity index (χ2n) is 5.82. The topological polar surface area (TPSA) is 89.3 Å². The molecule has 24 heavy (non-hydrogen) atoms. The molecule has 2 aromatic carbocycles. The number of non-ortho nitro benzene ring substituents is 1. The number of nitro groups is 1. The maximum absolute atomic E-state index is 12.4. The van der Waals surface area contributed by atoms with Gasteiger partial charge in [0.2, 0.25) is 0 Å². The number of nitrogens with one attached hydrogen (secondary N) is 1. The highest BCUT2D eigenvalue weighted by molar-refractivity contribution is 6.09. The minimum atomic E-state index is -0.543. The van der Waals surface area contributed by atoms with Crippen LogP contribution in [-0.2, 0) is 0 Å². The Morgan fingerprint density at radius 1 is 1.04 bits per heavy atom. The summed E-state index contributed by atoms with van der Waals surface area (Å²) in [6, 6.07) is 11.8. The Labute approximate surface area is 139 Å². The lowest BCUT2D eigenvalue weighted by Crippen LogP contribution is -2.27. The molecule has 2 rings (SSSR count). The molecule has 1 N–H and O–H groups in total. The van der Waals surface area contributed by atoms with Crippen LogP contribution in [0.2, 0.25) is 0 Å². The molecule has 0 unspecified atom stereocenters. The van der Waals surface area contributed by atoms with Gasteiger partial charge in [-0.05, 0) is 18.1 Å². The molecule has 6 nitrogen and oxygen atoms in total. The first kappa shape index (κ1) is 17.3. The molecule has 0 aliphatic heterocycles. The number of carbonyl (C=O) groups excluding carboxylic acids is 2. The van der Waals surface area contributed by atoms with E-state index in [2.05, 4.69) is 5.32 Å². The van der Waals surface area contributed by atoms with Gasteiger partial charge < -0.3 is 5.32 Å². The van der Waals surface area contributed by atoms with Crippen LogP contribution in [0.3, 0.4) is 0 Å². The number of nitrogens with zero attached hydrogens (tertiary/aromatic N) is 1. The zero-order chi connectivity index (χ0) is 17.7. The first-order valence-electron chi connectivity index (χ1n) is 7.56. The Hall–Kier alpha value is -3.02. The summed E-state index contributed by atoms with van der Waals surface area (Å²) in [5, 5.41) is 13.6. The largest absolute Gasteiger partial charge is 0.352 e. The van der Waals surface area contributed by atoms with Gasteiger partial charge >= 0.3 is 0 Å². The summed E-state index contributed by atoms with van der Waals surface area (Å²) < 4.78 is 0. The standard InChI is InChI=1S/C18H18N2O4/c1-12(2)11-19-18(22)14-8-6-13(7-9-14)17(21)15-4-3-5-16(10-15)20(23)24/h3-10,12H,11H2,1-2H3,(H,19,22). The number of amides is 1. The van der Waals surface area contributed by atoms with Crippen molar-refractivity contribution in [3.63, 3.8) is 0 Å². The SMILES string of the molecule is CC(C)CNC(=O)c1ccc(C(=O)c2cccc([N+](=O)[O-])c2)cc1. The molecule has 0 saturated heterocycles.